The van der Waals surface area contributed by atoms with Crippen molar-refractivity contribution in [1.82, 2.24) is 0 Å². The second-order valence-corrected chi connectivity index (χ2v) is 5.75. The Bertz CT molecular complexity index is 776. The third-order valence-electron chi connectivity index (χ3n) is 3.23. The van der Waals surface area contributed by atoms with E-state index in [0.717, 1.165) is 0 Å². The first-order chi connectivity index (χ1) is 11.9. The zero-order chi connectivity index (χ0) is 18.4. The lowest BCUT2D eigenvalue weighted by molar-refractivity contribution is -0.123. The van der Waals surface area contributed by atoms with Gasteiger partial charge in [-0.05, 0) is 24.3 Å². The number of benzene rings is 2. The van der Waals surface area contributed by atoms with E-state index in [9.17, 15) is 9.59 Å². The molecule has 132 valence electrons. The first-order valence-electron chi connectivity index (χ1n) is 7.20. The number of rotatable bonds is 6. The molecule has 2 N–H and O–H groups in total. The molecule has 0 unspecified atom stereocenters. The molecule has 2 amide bonds. The van der Waals surface area contributed by atoms with Gasteiger partial charge in [0.1, 0.15) is 17.9 Å². The van der Waals surface area contributed by atoms with Gasteiger partial charge in [0.2, 0.25) is 11.8 Å². The van der Waals surface area contributed by atoms with Crippen molar-refractivity contribution in [1.29, 1.82) is 0 Å². The summed E-state index contributed by atoms with van der Waals surface area (Å²) in [4.78, 5) is 24.1. The van der Waals surface area contributed by atoms with Crippen molar-refractivity contribution in [3.8, 4) is 11.5 Å². The molecule has 0 saturated heterocycles. The Hall–Kier alpha value is -2.44. The van der Waals surface area contributed by atoms with Crippen LogP contribution in [0.2, 0.25) is 10.0 Å². The van der Waals surface area contributed by atoms with Crippen LogP contribution in [0.1, 0.15) is 6.42 Å². The van der Waals surface area contributed by atoms with Gasteiger partial charge in [0.15, 0.2) is 0 Å². The van der Waals surface area contributed by atoms with Crippen molar-refractivity contribution in [2.75, 3.05) is 24.9 Å². The van der Waals surface area contributed by atoms with Crippen molar-refractivity contribution < 1.29 is 19.1 Å². The largest absolute Gasteiger partial charge is 0.497 e. The summed E-state index contributed by atoms with van der Waals surface area (Å²) in [6, 6.07) is 9.75. The molecule has 0 heterocycles. The summed E-state index contributed by atoms with van der Waals surface area (Å²) in [5, 5.41) is 5.72. The molecular formula is C17H16Cl2N2O4. The van der Waals surface area contributed by atoms with E-state index in [1.54, 1.807) is 36.4 Å². The molecule has 8 heteroatoms. The van der Waals surface area contributed by atoms with Crippen molar-refractivity contribution >= 4 is 46.4 Å². The van der Waals surface area contributed by atoms with Gasteiger partial charge in [-0.25, -0.2) is 0 Å². The van der Waals surface area contributed by atoms with Gasteiger partial charge >= 0.3 is 0 Å². The van der Waals surface area contributed by atoms with Crippen LogP contribution in [0.5, 0.6) is 11.5 Å². The molecule has 0 aliphatic rings. The average molecular weight is 383 g/mol. The summed E-state index contributed by atoms with van der Waals surface area (Å²) >= 11 is 12.0. The standard InChI is InChI=1S/C17H16Cl2N2O4/c1-24-10-6-7-13(14(8-10)25-2)20-15(22)9-16(23)21-17-11(18)4-3-5-12(17)19/h3-8H,9H2,1-2H3,(H,20,22)(H,21,23). The van der Waals surface area contributed by atoms with Gasteiger partial charge in [0, 0.05) is 6.07 Å². The highest BCUT2D eigenvalue weighted by molar-refractivity contribution is 6.39. The number of ether oxygens (including phenoxy) is 2. The maximum absolute atomic E-state index is 12.1. The quantitative estimate of drug-likeness (QED) is 0.740. The molecule has 0 fully saturated rings. The molecule has 0 aromatic heterocycles. The third-order valence-corrected chi connectivity index (χ3v) is 3.86. The molecule has 0 bridgehead atoms. The van der Waals surface area contributed by atoms with Crippen LogP contribution in [0.15, 0.2) is 36.4 Å². The molecule has 0 spiro atoms. The predicted molar refractivity (Wildman–Crippen MR) is 97.9 cm³/mol. The number of nitrogens with one attached hydrogen (secondary N) is 2. The van der Waals surface area contributed by atoms with Crippen LogP contribution in [0.4, 0.5) is 11.4 Å². The van der Waals surface area contributed by atoms with E-state index in [2.05, 4.69) is 10.6 Å². The van der Waals surface area contributed by atoms with Crippen LogP contribution < -0.4 is 20.1 Å². The van der Waals surface area contributed by atoms with Crippen molar-refractivity contribution in [3.63, 3.8) is 0 Å². The maximum atomic E-state index is 12.1. The Morgan fingerprint density at radius 3 is 2.20 bits per heavy atom. The van der Waals surface area contributed by atoms with Gasteiger partial charge in [0.25, 0.3) is 0 Å². The van der Waals surface area contributed by atoms with Crippen molar-refractivity contribution in [3.05, 3.63) is 46.4 Å². The van der Waals surface area contributed by atoms with Crippen LogP contribution in [0.3, 0.4) is 0 Å². The van der Waals surface area contributed by atoms with Gasteiger partial charge in [-0.3, -0.25) is 9.59 Å². The second-order valence-electron chi connectivity index (χ2n) is 4.94. The normalized spacial score (nSPS) is 10.1. The number of carbonyl (C=O) groups is 2. The molecule has 25 heavy (non-hydrogen) atoms. The van der Waals surface area contributed by atoms with Gasteiger partial charge in [-0.1, -0.05) is 29.3 Å². The lowest BCUT2D eigenvalue weighted by Gasteiger charge is -2.12. The van der Waals surface area contributed by atoms with E-state index in [1.165, 1.54) is 14.2 Å². The topological polar surface area (TPSA) is 76.7 Å². The molecular weight excluding hydrogens is 367 g/mol. The van der Waals surface area contributed by atoms with E-state index in [-0.39, 0.29) is 15.7 Å². The maximum Gasteiger partial charge on any atom is 0.233 e. The Kier molecular flexibility index (Phi) is 6.50. The Balaban J connectivity index is 2.01. The number of halogens is 2. The number of carbonyl (C=O) groups excluding carboxylic acids is 2. The highest BCUT2D eigenvalue weighted by atomic mass is 35.5. The molecule has 0 radical (unpaired) electrons. The van der Waals surface area contributed by atoms with Crippen LogP contribution in [0.25, 0.3) is 0 Å². The first kappa shape index (κ1) is 18.9. The smallest absolute Gasteiger partial charge is 0.233 e. The Morgan fingerprint density at radius 2 is 1.60 bits per heavy atom. The minimum absolute atomic E-state index is 0.269. The van der Waals surface area contributed by atoms with Crippen LogP contribution in [-0.4, -0.2) is 26.0 Å². The number of methoxy groups -OCH3 is 2. The summed E-state index contributed by atoms with van der Waals surface area (Å²) in [6.07, 6.45) is -0.406. The van der Waals surface area contributed by atoms with Crippen LogP contribution >= 0.6 is 23.2 Å². The monoisotopic (exact) mass is 382 g/mol. The number of hydrogen-bond acceptors (Lipinski definition) is 4. The van der Waals surface area contributed by atoms with Gasteiger partial charge in [-0.15, -0.1) is 0 Å². The van der Waals surface area contributed by atoms with E-state index in [1.807, 2.05) is 0 Å². The number of hydrogen-bond donors (Lipinski definition) is 2. The Labute approximate surface area is 155 Å². The molecule has 0 aliphatic heterocycles. The fourth-order valence-electron chi connectivity index (χ4n) is 2.04. The molecule has 2 aromatic rings. The summed E-state index contributed by atoms with van der Waals surface area (Å²) < 4.78 is 10.3. The van der Waals surface area contributed by atoms with Gasteiger partial charge < -0.3 is 20.1 Å². The molecule has 2 rings (SSSR count). The van der Waals surface area contributed by atoms with Crippen molar-refractivity contribution in [2.24, 2.45) is 0 Å². The summed E-state index contributed by atoms with van der Waals surface area (Å²) in [7, 11) is 2.99. The fraction of sp³-hybridized carbons (Fsp3) is 0.176. The lowest BCUT2D eigenvalue weighted by atomic mass is 10.2. The lowest BCUT2D eigenvalue weighted by Crippen LogP contribution is -2.22. The Morgan fingerprint density at radius 1 is 0.960 bits per heavy atom. The third kappa shape index (κ3) is 5.01. The zero-order valence-electron chi connectivity index (χ0n) is 13.6. The number of para-hydroxylation sites is 1. The molecule has 0 atom stereocenters. The van der Waals surface area contributed by atoms with Crippen LogP contribution in [-0.2, 0) is 9.59 Å². The van der Waals surface area contributed by atoms with Crippen molar-refractivity contribution in [2.45, 2.75) is 6.42 Å². The predicted octanol–water partition coefficient (Wildman–Crippen LogP) is 3.98. The number of amides is 2. The summed E-state index contributed by atoms with van der Waals surface area (Å²) in [5.41, 5.74) is 0.697. The number of anilines is 2. The van der Waals surface area contributed by atoms with E-state index in [0.29, 0.717) is 17.2 Å². The van der Waals surface area contributed by atoms with Crippen LogP contribution in [0, 0.1) is 0 Å². The molecule has 0 saturated carbocycles. The highest BCUT2D eigenvalue weighted by Gasteiger charge is 2.15. The minimum atomic E-state index is -0.542. The minimum Gasteiger partial charge on any atom is -0.497 e. The molecule has 0 aliphatic carbocycles. The van der Waals surface area contributed by atoms with E-state index >= 15 is 0 Å². The zero-order valence-corrected chi connectivity index (χ0v) is 15.1. The van der Waals surface area contributed by atoms with Gasteiger partial charge in [0.05, 0.1) is 35.6 Å². The van der Waals surface area contributed by atoms with Gasteiger partial charge in [-0.2, -0.15) is 0 Å². The molecule has 6 nitrogen and oxygen atoms in total. The first-order valence-corrected chi connectivity index (χ1v) is 7.96. The highest BCUT2D eigenvalue weighted by Crippen LogP contribution is 2.30. The fourth-order valence-corrected chi connectivity index (χ4v) is 2.53. The average Bonchev–Trinajstić information content (AvgIpc) is 2.58. The summed E-state index contributed by atoms with van der Waals surface area (Å²) in [6.45, 7) is 0. The second kappa shape index (κ2) is 8.60. The summed E-state index contributed by atoms with van der Waals surface area (Å²) in [5.74, 6) is -0.0488. The SMILES string of the molecule is COc1ccc(NC(=O)CC(=O)Nc2c(Cl)cccc2Cl)c(OC)c1. The molecule has 2 aromatic carbocycles. The van der Waals surface area contributed by atoms with E-state index < -0.39 is 18.2 Å². The van der Waals surface area contributed by atoms with E-state index in [4.69, 9.17) is 32.7 Å².